The Hall–Kier alpha value is -0.580. The first kappa shape index (κ1) is 8.99. The molecule has 2 fully saturated rings. The van der Waals surface area contributed by atoms with Gasteiger partial charge in [0.15, 0.2) is 0 Å². The summed E-state index contributed by atoms with van der Waals surface area (Å²) < 4.78 is 0. The number of amides is 3. The number of carbonyl (C=O) groups excluding carboxylic acids is 2. The number of rotatable bonds is 3. The summed E-state index contributed by atoms with van der Waals surface area (Å²) in [4.78, 5) is 23.7. The number of imide groups is 1. The van der Waals surface area contributed by atoms with Gasteiger partial charge in [-0.25, -0.2) is 4.79 Å². The standard InChI is InChI=1S/C8H11BrN2O2/c9-4-8(1-2-8)5-11-6(12)3-10-7(11)13/h1-5H2,(H,10,13). The number of urea groups is 1. The van der Waals surface area contributed by atoms with Crippen LogP contribution in [0.5, 0.6) is 0 Å². The van der Waals surface area contributed by atoms with Gasteiger partial charge in [0.1, 0.15) is 0 Å². The zero-order valence-corrected chi connectivity index (χ0v) is 8.76. The summed E-state index contributed by atoms with van der Waals surface area (Å²) in [7, 11) is 0. The lowest BCUT2D eigenvalue weighted by molar-refractivity contribution is -0.125. The highest BCUT2D eigenvalue weighted by atomic mass is 79.9. The molecule has 2 rings (SSSR count). The highest BCUT2D eigenvalue weighted by molar-refractivity contribution is 9.09. The quantitative estimate of drug-likeness (QED) is 0.590. The number of nitrogens with zero attached hydrogens (tertiary/aromatic N) is 1. The largest absolute Gasteiger partial charge is 0.329 e. The predicted molar refractivity (Wildman–Crippen MR) is 50.6 cm³/mol. The van der Waals surface area contributed by atoms with Crippen molar-refractivity contribution in [1.82, 2.24) is 10.2 Å². The molecule has 0 aromatic heterocycles. The maximum Gasteiger partial charge on any atom is 0.324 e. The van der Waals surface area contributed by atoms with E-state index in [9.17, 15) is 9.59 Å². The van der Waals surface area contributed by atoms with E-state index in [0.29, 0.717) is 6.54 Å². The lowest BCUT2D eigenvalue weighted by atomic mass is 10.1. The van der Waals surface area contributed by atoms with Gasteiger partial charge in [0, 0.05) is 11.9 Å². The Bertz CT molecular complexity index is 247. The van der Waals surface area contributed by atoms with E-state index in [1.54, 1.807) is 0 Å². The molecule has 0 spiro atoms. The first-order valence-electron chi connectivity index (χ1n) is 4.31. The highest BCUT2D eigenvalue weighted by Crippen LogP contribution is 2.47. The van der Waals surface area contributed by atoms with Gasteiger partial charge in [-0.2, -0.15) is 0 Å². The van der Waals surface area contributed by atoms with Crippen LogP contribution in [0.4, 0.5) is 4.79 Å². The van der Waals surface area contributed by atoms with Crippen LogP contribution < -0.4 is 5.32 Å². The van der Waals surface area contributed by atoms with E-state index in [1.807, 2.05) is 0 Å². The average molecular weight is 247 g/mol. The minimum Gasteiger partial charge on any atom is -0.329 e. The molecule has 3 amide bonds. The number of alkyl halides is 1. The Morgan fingerprint density at radius 1 is 1.46 bits per heavy atom. The normalized spacial score (nSPS) is 24.8. The van der Waals surface area contributed by atoms with Crippen LogP contribution in [0.3, 0.4) is 0 Å². The van der Waals surface area contributed by atoms with Crippen LogP contribution in [0.25, 0.3) is 0 Å². The van der Waals surface area contributed by atoms with Gasteiger partial charge in [0.2, 0.25) is 5.91 Å². The smallest absolute Gasteiger partial charge is 0.324 e. The topological polar surface area (TPSA) is 49.4 Å². The number of nitrogens with one attached hydrogen (secondary N) is 1. The maximum atomic E-state index is 11.2. The summed E-state index contributed by atoms with van der Waals surface area (Å²) in [6.45, 7) is 0.736. The van der Waals surface area contributed by atoms with Crippen molar-refractivity contribution in [1.29, 1.82) is 0 Å². The molecule has 1 aliphatic carbocycles. The number of halogens is 1. The molecule has 4 nitrogen and oxygen atoms in total. The molecule has 1 saturated heterocycles. The molecule has 0 aromatic carbocycles. The van der Waals surface area contributed by atoms with Crippen molar-refractivity contribution in [3.63, 3.8) is 0 Å². The Morgan fingerprint density at radius 2 is 2.15 bits per heavy atom. The van der Waals surface area contributed by atoms with Crippen LogP contribution in [0.2, 0.25) is 0 Å². The molecule has 2 aliphatic rings. The molecule has 13 heavy (non-hydrogen) atoms. The summed E-state index contributed by atoms with van der Waals surface area (Å²) >= 11 is 3.41. The molecular formula is C8H11BrN2O2. The Balaban J connectivity index is 2.01. The SMILES string of the molecule is O=C1CNC(=O)N1CC1(CBr)CC1. The van der Waals surface area contributed by atoms with Crippen LogP contribution in [0.15, 0.2) is 0 Å². The molecule has 0 atom stereocenters. The van der Waals surface area contributed by atoms with E-state index >= 15 is 0 Å². The lowest BCUT2D eigenvalue weighted by Crippen LogP contribution is -2.36. The van der Waals surface area contributed by atoms with Gasteiger partial charge in [-0.05, 0) is 18.3 Å². The summed E-state index contributed by atoms with van der Waals surface area (Å²) in [5.74, 6) is -0.0998. The molecule has 1 heterocycles. The second kappa shape index (κ2) is 2.97. The molecule has 1 aliphatic heterocycles. The van der Waals surface area contributed by atoms with Crippen molar-refractivity contribution in [3.05, 3.63) is 0 Å². The van der Waals surface area contributed by atoms with Gasteiger partial charge in [-0.3, -0.25) is 9.69 Å². The van der Waals surface area contributed by atoms with Crippen LogP contribution in [0, 0.1) is 5.41 Å². The number of hydrogen-bond donors (Lipinski definition) is 1. The van der Waals surface area contributed by atoms with Gasteiger partial charge in [-0.1, -0.05) is 15.9 Å². The van der Waals surface area contributed by atoms with E-state index in [4.69, 9.17) is 0 Å². The molecule has 0 radical (unpaired) electrons. The summed E-state index contributed by atoms with van der Waals surface area (Å²) in [5, 5.41) is 3.39. The molecule has 72 valence electrons. The molecule has 0 aromatic rings. The third-order valence-electron chi connectivity index (χ3n) is 2.67. The Morgan fingerprint density at radius 3 is 2.54 bits per heavy atom. The van der Waals surface area contributed by atoms with Crippen molar-refractivity contribution in [2.75, 3.05) is 18.4 Å². The van der Waals surface area contributed by atoms with Crippen molar-refractivity contribution < 1.29 is 9.59 Å². The Labute approximate surface area is 84.8 Å². The van der Waals surface area contributed by atoms with Gasteiger partial charge in [0.25, 0.3) is 0 Å². The third-order valence-corrected chi connectivity index (χ3v) is 3.86. The Kier molecular flexibility index (Phi) is 2.06. The van der Waals surface area contributed by atoms with Crippen LogP contribution in [0.1, 0.15) is 12.8 Å². The van der Waals surface area contributed by atoms with Crippen molar-refractivity contribution in [2.45, 2.75) is 12.8 Å². The molecule has 0 unspecified atom stereocenters. The van der Waals surface area contributed by atoms with Gasteiger partial charge in [0.05, 0.1) is 6.54 Å². The van der Waals surface area contributed by atoms with E-state index in [2.05, 4.69) is 21.2 Å². The van der Waals surface area contributed by atoms with Crippen molar-refractivity contribution in [2.24, 2.45) is 5.41 Å². The van der Waals surface area contributed by atoms with Crippen molar-refractivity contribution in [3.8, 4) is 0 Å². The maximum absolute atomic E-state index is 11.2. The minimum atomic E-state index is -0.239. The third kappa shape index (κ3) is 1.57. The molecule has 5 heteroatoms. The highest BCUT2D eigenvalue weighted by Gasteiger charge is 2.46. The molecule has 1 saturated carbocycles. The van der Waals surface area contributed by atoms with E-state index in [1.165, 1.54) is 4.90 Å². The zero-order chi connectivity index (χ0) is 9.47. The summed E-state index contributed by atoms with van der Waals surface area (Å²) in [5.41, 5.74) is 0.178. The van der Waals surface area contributed by atoms with Crippen molar-refractivity contribution >= 4 is 27.9 Å². The van der Waals surface area contributed by atoms with Gasteiger partial charge >= 0.3 is 6.03 Å². The van der Waals surface area contributed by atoms with Gasteiger partial charge < -0.3 is 5.32 Å². The van der Waals surface area contributed by atoms with E-state index in [-0.39, 0.29) is 23.9 Å². The average Bonchev–Trinajstić information content (AvgIpc) is 2.84. The van der Waals surface area contributed by atoms with Crippen LogP contribution >= 0.6 is 15.9 Å². The van der Waals surface area contributed by atoms with Crippen LogP contribution in [-0.4, -0.2) is 35.3 Å². The number of hydrogen-bond acceptors (Lipinski definition) is 2. The fourth-order valence-electron chi connectivity index (χ4n) is 1.46. The second-order valence-corrected chi connectivity index (χ2v) is 4.33. The zero-order valence-electron chi connectivity index (χ0n) is 7.18. The minimum absolute atomic E-state index is 0.0998. The molecule has 0 bridgehead atoms. The first-order valence-corrected chi connectivity index (χ1v) is 5.43. The molecule has 1 N–H and O–H groups in total. The lowest BCUT2D eigenvalue weighted by Gasteiger charge is -2.18. The van der Waals surface area contributed by atoms with E-state index in [0.717, 1.165) is 18.2 Å². The van der Waals surface area contributed by atoms with E-state index < -0.39 is 0 Å². The van der Waals surface area contributed by atoms with Gasteiger partial charge in [-0.15, -0.1) is 0 Å². The van der Waals surface area contributed by atoms with Crippen LogP contribution in [-0.2, 0) is 4.79 Å². The molecular weight excluding hydrogens is 236 g/mol. The summed E-state index contributed by atoms with van der Waals surface area (Å²) in [6, 6.07) is -0.239. The fraction of sp³-hybridized carbons (Fsp3) is 0.750. The summed E-state index contributed by atoms with van der Waals surface area (Å²) in [6.07, 6.45) is 2.21. The second-order valence-electron chi connectivity index (χ2n) is 3.77. The first-order chi connectivity index (χ1) is 6.17. The fourth-order valence-corrected chi connectivity index (χ4v) is 2.20. The monoisotopic (exact) mass is 246 g/mol. The number of carbonyl (C=O) groups is 2. The predicted octanol–water partition coefficient (Wildman–Crippen LogP) is 0.713.